The van der Waals surface area contributed by atoms with Crippen LogP contribution in [0.3, 0.4) is 0 Å². The third-order valence-corrected chi connectivity index (χ3v) is 5.74. The molecule has 28 heavy (non-hydrogen) atoms. The molecule has 3 nitrogen and oxygen atoms in total. The van der Waals surface area contributed by atoms with Crippen LogP contribution in [0.2, 0.25) is 10.0 Å². The SMILES string of the molecule is CCOc1cc(CNC2CCCCC2)c(Cl)cc1OCc1c(F)cccc1Cl. The number of ether oxygens (including phenoxy) is 2. The molecule has 1 aliphatic carbocycles. The van der Waals surface area contributed by atoms with Crippen molar-refractivity contribution in [3.05, 3.63) is 57.3 Å². The van der Waals surface area contributed by atoms with E-state index in [0.29, 0.717) is 46.3 Å². The van der Waals surface area contributed by atoms with Crippen LogP contribution in [0.5, 0.6) is 11.5 Å². The van der Waals surface area contributed by atoms with Gasteiger partial charge in [0.2, 0.25) is 0 Å². The molecule has 2 aromatic carbocycles. The van der Waals surface area contributed by atoms with Crippen molar-refractivity contribution in [2.24, 2.45) is 0 Å². The Morgan fingerprint density at radius 2 is 1.79 bits per heavy atom. The summed E-state index contributed by atoms with van der Waals surface area (Å²) in [4.78, 5) is 0. The van der Waals surface area contributed by atoms with Gasteiger partial charge in [-0.2, -0.15) is 0 Å². The minimum atomic E-state index is -0.398. The number of nitrogens with one attached hydrogen (secondary N) is 1. The van der Waals surface area contributed by atoms with Crippen LogP contribution >= 0.6 is 23.2 Å². The molecule has 0 aromatic heterocycles. The second-order valence-electron chi connectivity index (χ2n) is 7.03. The first-order valence-electron chi connectivity index (χ1n) is 9.82. The number of halogens is 3. The molecular weight excluding hydrogens is 400 g/mol. The molecule has 0 heterocycles. The van der Waals surface area contributed by atoms with Crippen molar-refractivity contribution in [3.8, 4) is 11.5 Å². The Hall–Kier alpha value is -1.49. The summed E-state index contributed by atoms with van der Waals surface area (Å²) in [6, 6.07) is 8.75. The second-order valence-corrected chi connectivity index (χ2v) is 7.84. The molecule has 1 N–H and O–H groups in total. The van der Waals surface area contributed by atoms with Gasteiger partial charge in [-0.1, -0.05) is 48.5 Å². The van der Waals surface area contributed by atoms with E-state index in [4.69, 9.17) is 32.7 Å². The summed E-state index contributed by atoms with van der Waals surface area (Å²) in [5, 5.41) is 4.52. The van der Waals surface area contributed by atoms with Gasteiger partial charge in [-0.05, 0) is 43.5 Å². The topological polar surface area (TPSA) is 30.5 Å². The first-order chi connectivity index (χ1) is 13.6. The van der Waals surface area contributed by atoms with Gasteiger partial charge in [0.05, 0.1) is 11.6 Å². The van der Waals surface area contributed by atoms with E-state index in [1.54, 1.807) is 18.2 Å². The molecule has 0 bridgehead atoms. The van der Waals surface area contributed by atoms with E-state index in [-0.39, 0.29) is 6.61 Å². The lowest BCUT2D eigenvalue weighted by molar-refractivity contribution is 0.265. The third kappa shape index (κ3) is 5.53. The summed E-state index contributed by atoms with van der Waals surface area (Å²) in [7, 11) is 0. The Labute approximate surface area is 176 Å². The van der Waals surface area contributed by atoms with Crippen molar-refractivity contribution in [3.63, 3.8) is 0 Å². The van der Waals surface area contributed by atoms with Crippen LogP contribution in [0, 0.1) is 5.82 Å². The quantitative estimate of drug-likeness (QED) is 0.521. The maximum absolute atomic E-state index is 14.0. The summed E-state index contributed by atoms with van der Waals surface area (Å²) in [5.41, 5.74) is 1.28. The molecule has 1 aliphatic rings. The van der Waals surface area contributed by atoms with Crippen LogP contribution in [0.15, 0.2) is 30.3 Å². The maximum Gasteiger partial charge on any atom is 0.163 e. The van der Waals surface area contributed by atoms with E-state index < -0.39 is 5.82 Å². The average Bonchev–Trinajstić information content (AvgIpc) is 2.69. The number of hydrogen-bond donors (Lipinski definition) is 1. The maximum atomic E-state index is 14.0. The first kappa shape index (κ1) is 21.2. The lowest BCUT2D eigenvalue weighted by Crippen LogP contribution is -2.30. The van der Waals surface area contributed by atoms with Crippen molar-refractivity contribution < 1.29 is 13.9 Å². The zero-order chi connectivity index (χ0) is 19.9. The normalized spacial score (nSPS) is 14.9. The van der Waals surface area contributed by atoms with Gasteiger partial charge in [0.1, 0.15) is 12.4 Å². The molecule has 3 rings (SSSR count). The van der Waals surface area contributed by atoms with Gasteiger partial charge >= 0.3 is 0 Å². The van der Waals surface area contributed by atoms with E-state index in [1.165, 1.54) is 38.2 Å². The van der Waals surface area contributed by atoms with Crippen LogP contribution in [0.25, 0.3) is 0 Å². The Morgan fingerprint density at radius 3 is 2.50 bits per heavy atom. The van der Waals surface area contributed by atoms with E-state index in [1.807, 2.05) is 13.0 Å². The van der Waals surface area contributed by atoms with Gasteiger partial charge < -0.3 is 14.8 Å². The smallest absolute Gasteiger partial charge is 0.163 e. The molecule has 0 spiro atoms. The fourth-order valence-corrected chi connectivity index (χ4v) is 3.91. The number of hydrogen-bond acceptors (Lipinski definition) is 3. The molecule has 1 fully saturated rings. The summed E-state index contributed by atoms with van der Waals surface area (Å²) in [6.07, 6.45) is 6.30. The van der Waals surface area contributed by atoms with Crippen LogP contribution in [0.4, 0.5) is 4.39 Å². The van der Waals surface area contributed by atoms with E-state index in [9.17, 15) is 4.39 Å². The predicted octanol–water partition coefficient (Wildman–Crippen LogP) is 6.53. The van der Waals surface area contributed by atoms with E-state index >= 15 is 0 Å². The van der Waals surface area contributed by atoms with Crippen molar-refractivity contribution in [2.75, 3.05) is 6.61 Å². The van der Waals surface area contributed by atoms with Gasteiger partial charge in [-0.15, -0.1) is 0 Å². The molecule has 2 aromatic rings. The lowest BCUT2D eigenvalue weighted by Gasteiger charge is -2.23. The van der Waals surface area contributed by atoms with Crippen molar-refractivity contribution >= 4 is 23.2 Å². The summed E-state index contributed by atoms with van der Waals surface area (Å²) < 4.78 is 25.5. The minimum absolute atomic E-state index is 0.00157. The predicted molar refractivity (Wildman–Crippen MR) is 112 cm³/mol. The molecule has 0 aliphatic heterocycles. The van der Waals surface area contributed by atoms with Gasteiger partial charge in [0.15, 0.2) is 11.5 Å². The zero-order valence-corrected chi connectivity index (χ0v) is 17.6. The monoisotopic (exact) mass is 425 g/mol. The summed E-state index contributed by atoms with van der Waals surface area (Å²) in [6.45, 7) is 3.09. The molecular formula is C22H26Cl2FNO2. The van der Waals surface area contributed by atoms with E-state index in [2.05, 4.69) is 5.32 Å². The summed E-state index contributed by atoms with van der Waals surface area (Å²) in [5.74, 6) is 0.678. The van der Waals surface area contributed by atoms with Gasteiger partial charge in [0, 0.05) is 29.2 Å². The lowest BCUT2D eigenvalue weighted by atomic mass is 9.95. The fourth-order valence-electron chi connectivity index (χ4n) is 3.47. The largest absolute Gasteiger partial charge is 0.490 e. The number of rotatable bonds is 8. The summed E-state index contributed by atoms with van der Waals surface area (Å²) >= 11 is 12.6. The van der Waals surface area contributed by atoms with Gasteiger partial charge in [-0.25, -0.2) is 4.39 Å². The highest BCUT2D eigenvalue weighted by molar-refractivity contribution is 6.31. The molecule has 0 unspecified atom stereocenters. The minimum Gasteiger partial charge on any atom is -0.490 e. The highest BCUT2D eigenvalue weighted by Crippen LogP contribution is 2.35. The molecule has 0 saturated heterocycles. The number of benzene rings is 2. The van der Waals surface area contributed by atoms with Crippen LogP contribution in [-0.2, 0) is 13.2 Å². The molecule has 152 valence electrons. The standard InChI is InChI=1S/C22H26Cl2FNO2/c1-2-27-21-11-15(13-26-16-7-4-3-5-8-16)19(24)12-22(21)28-14-17-18(23)9-6-10-20(17)25/h6,9-12,16,26H,2-5,7-8,13-14H2,1H3. The molecule has 0 radical (unpaired) electrons. The van der Waals surface area contributed by atoms with E-state index in [0.717, 1.165) is 5.56 Å². The fraction of sp³-hybridized carbons (Fsp3) is 0.455. The highest BCUT2D eigenvalue weighted by Gasteiger charge is 2.16. The van der Waals surface area contributed by atoms with Crippen LogP contribution in [0.1, 0.15) is 50.2 Å². The Balaban J connectivity index is 1.72. The third-order valence-electron chi connectivity index (χ3n) is 5.03. The Bertz CT molecular complexity index is 774. The van der Waals surface area contributed by atoms with Crippen molar-refractivity contribution in [1.29, 1.82) is 0 Å². The van der Waals surface area contributed by atoms with Crippen molar-refractivity contribution in [1.82, 2.24) is 5.32 Å². The average molecular weight is 426 g/mol. The Kier molecular flexibility index (Phi) is 7.83. The highest BCUT2D eigenvalue weighted by atomic mass is 35.5. The molecule has 6 heteroatoms. The Morgan fingerprint density at radius 1 is 1.04 bits per heavy atom. The first-order valence-corrected chi connectivity index (χ1v) is 10.6. The molecule has 0 atom stereocenters. The molecule has 0 amide bonds. The van der Waals surface area contributed by atoms with Gasteiger partial charge in [-0.3, -0.25) is 0 Å². The zero-order valence-electron chi connectivity index (χ0n) is 16.1. The van der Waals surface area contributed by atoms with Crippen LogP contribution in [-0.4, -0.2) is 12.6 Å². The van der Waals surface area contributed by atoms with Crippen molar-refractivity contribution in [2.45, 2.75) is 58.2 Å². The molecule has 1 saturated carbocycles. The van der Waals surface area contributed by atoms with Gasteiger partial charge in [0.25, 0.3) is 0 Å². The van der Waals surface area contributed by atoms with Crippen LogP contribution < -0.4 is 14.8 Å². The second kappa shape index (κ2) is 10.3.